The first kappa shape index (κ1) is 58.4. The zero-order valence-electron chi connectivity index (χ0n) is 41.3. The number of unbranched alkanes of at least 4 members (excludes halogenated alkanes) is 30. The molecule has 6 nitrogen and oxygen atoms in total. The maximum atomic E-state index is 12.8. The van der Waals surface area contributed by atoms with Gasteiger partial charge in [0, 0.05) is 19.3 Å². The fourth-order valence-corrected chi connectivity index (χ4v) is 8.12. The number of hydrogen-bond acceptors (Lipinski definition) is 6. The highest BCUT2D eigenvalue weighted by atomic mass is 16.6. The molecule has 0 N–H and O–H groups in total. The summed E-state index contributed by atoms with van der Waals surface area (Å²) in [5.74, 6) is 1.59. The van der Waals surface area contributed by atoms with Crippen LogP contribution in [0.4, 0.5) is 0 Å². The maximum Gasteiger partial charge on any atom is 0.306 e. The molecular weight excluding hydrogens is 745 g/mol. The third-order valence-electron chi connectivity index (χ3n) is 12.1. The molecule has 6 heteroatoms. The monoisotopic (exact) mass is 849 g/mol. The molecule has 0 aromatic heterocycles. The van der Waals surface area contributed by atoms with E-state index in [0.717, 1.165) is 75.5 Å². The van der Waals surface area contributed by atoms with Crippen LogP contribution in [0, 0.1) is 17.8 Å². The quantitative estimate of drug-likeness (QED) is 0.0345. The van der Waals surface area contributed by atoms with Crippen molar-refractivity contribution in [3.05, 3.63) is 0 Å². The molecule has 0 radical (unpaired) electrons. The predicted octanol–water partition coefficient (Wildman–Crippen LogP) is 17.2. The van der Waals surface area contributed by atoms with Crippen LogP contribution in [0.25, 0.3) is 0 Å². The Kier molecular flexibility index (Phi) is 44.2. The zero-order valence-corrected chi connectivity index (χ0v) is 41.3. The van der Waals surface area contributed by atoms with E-state index in [-0.39, 0.29) is 31.1 Å². The molecule has 0 aromatic rings. The number of carbonyl (C=O) groups excluding carboxylic acids is 3. The summed E-state index contributed by atoms with van der Waals surface area (Å²) in [4.78, 5) is 37.9. The van der Waals surface area contributed by atoms with E-state index in [1.807, 2.05) is 0 Å². The second-order valence-electron chi connectivity index (χ2n) is 19.9. The van der Waals surface area contributed by atoms with E-state index in [4.69, 9.17) is 14.2 Å². The number of hydrogen-bond donors (Lipinski definition) is 0. The molecule has 0 saturated heterocycles. The topological polar surface area (TPSA) is 78.9 Å². The Morgan fingerprint density at radius 1 is 0.283 bits per heavy atom. The van der Waals surface area contributed by atoms with Crippen LogP contribution in [0.15, 0.2) is 0 Å². The van der Waals surface area contributed by atoms with E-state index < -0.39 is 6.10 Å². The largest absolute Gasteiger partial charge is 0.462 e. The molecule has 0 aliphatic carbocycles. The molecule has 0 aliphatic rings. The third-order valence-corrected chi connectivity index (χ3v) is 12.1. The first-order valence-electron chi connectivity index (χ1n) is 26.6. The van der Waals surface area contributed by atoms with E-state index in [1.54, 1.807) is 0 Å². The molecule has 0 amide bonds. The average molecular weight is 849 g/mol. The van der Waals surface area contributed by atoms with E-state index >= 15 is 0 Å². The Labute approximate surface area is 374 Å². The van der Waals surface area contributed by atoms with Crippen LogP contribution >= 0.6 is 0 Å². The number of esters is 3. The van der Waals surface area contributed by atoms with Gasteiger partial charge in [-0.2, -0.15) is 0 Å². The number of carbonyl (C=O) groups is 3. The van der Waals surface area contributed by atoms with Crippen molar-refractivity contribution in [3.63, 3.8) is 0 Å². The minimum Gasteiger partial charge on any atom is -0.462 e. The third kappa shape index (κ3) is 47.5. The van der Waals surface area contributed by atoms with Crippen LogP contribution in [-0.4, -0.2) is 37.2 Å². The molecule has 0 bridgehead atoms. The van der Waals surface area contributed by atoms with Gasteiger partial charge in [0.1, 0.15) is 13.2 Å². The fraction of sp³-hybridized carbons (Fsp3) is 0.944. The molecule has 0 aliphatic heterocycles. The molecule has 356 valence electrons. The Bertz CT molecular complexity index is 929. The smallest absolute Gasteiger partial charge is 0.306 e. The minimum atomic E-state index is -0.763. The van der Waals surface area contributed by atoms with Crippen molar-refractivity contribution < 1.29 is 28.6 Å². The summed E-state index contributed by atoms with van der Waals surface area (Å²) in [6.07, 6.45) is 45.4. The molecule has 0 rings (SSSR count). The number of ether oxygens (including phenoxy) is 3. The molecular formula is C54H104O6. The van der Waals surface area contributed by atoms with Gasteiger partial charge in [-0.15, -0.1) is 0 Å². The SMILES string of the molecule is CC(C)CCCCCCCCCCCCCCCCCCC(=O)OC[C@@H](COC(=O)CCCCCCCCC(C)C)OC(=O)CCCCCCCCCCCCCC(C)C. The normalized spacial score (nSPS) is 12.2. The number of rotatable bonds is 47. The summed E-state index contributed by atoms with van der Waals surface area (Å²) in [7, 11) is 0. The van der Waals surface area contributed by atoms with Crippen molar-refractivity contribution in [2.24, 2.45) is 17.8 Å². The Morgan fingerprint density at radius 2 is 0.483 bits per heavy atom. The van der Waals surface area contributed by atoms with E-state index in [1.165, 1.54) is 173 Å². The van der Waals surface area contributed by atoms with E-state index in [2.05, 4.69) is 41.5 Å². The van der Waals surface area contributed by atoms with Crippen molar-refractivity contribution in [2.45, 2.75) is 298 Å². The Balaban J connectivity index is 4.23. The van der Waals surface area contributed by atoms with Crippen molar-refractivity contribution in [1.82, 2.24) is 0 Å². The summed E-state index contributed by atoms with van der Waals surface area (Å²) in [5.41, 5.74) is 0. The van der Waals surface area contributed by atoms with Gasteiger partial charge in [-0.3, -0.25) is 14.4 Å². The van der Waals surface area contributed by atoms with Crippen LogP contribution < -0.4 is 0 Å². The second-order valence-corrected chi connectivity index (χ2v) is 19.9. The highest BCUT2D eigenvalue weighted by molar-refractivity contribution is 5.71. The minimum absolute atomic E-state index is 0.0651. The fourth-order valence-electron chi connectivity index (χ4n) is 8.12. The van der Waals surface area contributed by atoms with Crippen LogP contribution in [0.5, 0.6) is 0 Å². The Morgan fingerprint density at radius 3 is 0.717 bits per heavy atom. The van der Waals surface area contributed by atoms with Crippen molar-refractivity contribution >= 4 is 17.9 Å². The lowest BCUT2D eigenvalue weighted by Gasteiger charge is -2.18. The highest BCUT2D eigenvalue weighted by Gasteiger charge is 2.19. The highest BCUT2D eigenvalue weighted by Crippen LogP contribution is 2.18. The first-order chi connectivity index (χ1) is 29.1. The van der Waals surface area contributed by atoms with Crippen molar-refractivity contribution in [3.8, 4) is 0 Å². The van der Waals surface area contributed by atoms with Gasteiger partial charge in [0.2, 0.25) is 0 Å². The zero-order chi connectivity index (χ0) is 44.2. The molecule has 0 spiro atoms. The first-order valence-corrected chi connectivity index (χ1v) is 26.6. The van der Waals surface area contributed by atoms with Gasteiger partial charge in [0.15, 0.2) is 6.10 Å². The molecule has 60 heavy (non-hydrogen) atoms. The molecule has 0 saturated carbocycles. The standard InChI is InChI=1S/C54H104O6/c1-48(2)40-34-28-22-18-14-11-9-7-8-10-12-16-20-24-31-37-43-52(55)58-46-51(47-59-53(56)44-38-32-27-26-30-36-42-50(5)6)60-54(57)45-39-33-25-21-17-13-15-19-23-29-35-41-49(3)4/h48-51H,7-47H2,1-6H3/t51-/m0/s1. The summed E-state index contributed by atoms with van der Waals surface area (Å²) in [6.45, 7) is 13.7. The second kappa shape index (κ2) is 45.4. The molecule has 0 fully saturated rings. The van der Waals surface area contributed by atoms with Gasteiger partial charge < -0.3 is 14.2 Å². The van der Waals surface area contributed by atoms with Crippen molar-refractivity contribution in [1.29, 1.82) is 0 Å². The molecule has 1 atom stereocenters. The van der Waals surface area contributed by atoms with E-state index in [0.29, 0.717) is 19.3 Å². The van der Waals surface area contributed by atoms with Crippen LogP contribution in [0.2, 0.25) is 0 Å². The van der Waals surface area contributed by atoms with Gasteiger partial charge in [0.25, 0.3) is 0 Å². The van der Waals surface area contributed by atoms with Gasteiger partial charge in [-0.1, -0.05) is 253 Å². The van der Waals surface area contributed by atoms with Gasteiger partial charge in [-0.05, 0) is 37.0 Å². The average Bonchev–Trinajstić information content (AvgIpc) is 3.20. The summed E-state index contributed by atoms with van der Waals surface area (Å²) < 4.78 is 16.8. The predicted molar refractivity (Wildman–Crippen MR) is 256 cm³/mol. The molecule has 0 unspecified atom stereocenters. The Hall–Kier alpha value is -1.59. The van der Waals surface area contributed by atoms with Crippen LogP contribution in [0.3, 0.4) is 0 Å². The maximum absolute atomic E-state index is 12.8. The van der Waals surface area contributed by atoms with Gasteiger partial charge >= 0.3 is 17.9 Å². The molecule has 0 heterocycles. The summed E-state index contributed by atoms with van der Waals surface area (Å²) in [6, 6.07) is 0. The van der Waals surface area contributed by atoms with Gasteiger partial charge in [-0.25, -0.2) is 0 Å². The van der Waals surface area contributed by atoms with Crippen molar-refractivity contribution in [2.75, 3.05) is 13.2 Å². The lowest BCUT2D eigenvalue weighted by Crippen LogP contribution is -2.30. The summed E-state index contributed by atoms with van der Waals surface area (Å²) >= 11 is 0. The lowest BCUT2D eigenvalue weighted by molar-refractivity contribution is -0.167. The lowest BCUT2D eigenvalue weighted by atomic mass is 10.0. The van der Waals surface area contributed by atoms with Crippen LogP contribution in [0.1, 0.15) is 292 Å². The summed E-state index contributed by atoms with van der Waals surface area (Å²) in [5, 5.41) is 0. The van der Waals surface area contributed by atoms with Gasteiger partial charge in [0.05, 0.1) is 0 Å². The van der Waals surface area contributed by atoms with E-state index in [9.17, 15) is 14.4 Å². The van der Waals surface area contributed by atoms with Crippen LogP contribution in [-0.2, 0) is 28.6 Å². The molecule has 0 aromatic carbocycles.